The Morgan fingerprint density at radius 3 is 2.47 bits per heavy atom. The molecule has 0 amide bonds. The molecule has 1 aromatic carbocycles. The number of rotatable bonds is 3. The Morgan fingerprint density at radius 1 is 1.11 bits per heavy atom. The fraction of sp³-hybridized carbons (Fsp3) is 0.143. The summed E-state index contributed by atoms with van der Waals surface area (Å²) >= 11 is 0. The first kappa shape index (κ1) is 15.0. The summed E-state index contributed by atoms with van der Waals surface area (Å²) in [6.07, 6.45) is 0.928. The summed E-state index contributed by atoms with van der Waals surface area (Å²) in [5.74, 6) is 0. The lowest BCUT2D eigenvalue weighted by Crippen LogP contribution is -3.00. The molecule has 0 saturated heterocycles. The number of benzene rings is 1. The monoisotopic (exact) mass is 279 g/mol. The van der Waals surface area contributed by atoms with Crippen LogP contribution in [0.5, 0.6) is 0 Å². The third kappa shape index (κ3) is 4.60. The van der Waals surface area contributed by atoms with Crippen molar-refractivity contribution in [2.24, 2.45) is 0 Å². The number of aromatic nitrogens is 1. The zero-order chi connectivity index (χ0) is 12.8. The molecule has 2 aromatic rings. The first-order chi connectivity index (χ1) is 8.75. The van der Waals surface area contributed by atoms with Crippen molar-refractivity contribution in [1.29, 1.82) is 0 Å². The van der Waals surface area contributed by atoms with Gasteiger partial charge in [-0.3, -0.25) is 0 Å². The van der Waals surface area contributed by atoms with Crippen molar-refractivity contribution in [1.82, 2.24) is 0 Å². The summed E-state index contributed by atoms with van der Waals surface area (Å²) in [5.41, 5.74) is 1.73. The molecule has 0 aliphatic heterocycles. The first-order valence-corrected chi connectivity index (χ1v) is 5.62. The minimum Gasteiger partial charge on any atom is -1.00 e. The molecule has 1 aromatic heterocycles. The third-order valence-electron chi connectivity index (χ3n) is 2.39. The van der Waals surface area contributed by atoms with Crippen LogP contribution in [0.4, 0.5) is 4.79 Å². The van der Waals surface area contributed by atoms with Gasteiger partial charge in [0, 0.05) is 23.8 Å². The number of carbonyl (C=O) groups excluding carboxylic acids is 1. The number of nitrogens with zero attached hydrogens (tertiary/aromatic N) is 1. The van der Waals surface area contributed by atoms with Crippen molar-refractivity contribution in [3.05, 3.63) is 66.0 Å². The molecule has 0 radical (unpaired) electrons. The number of pyridine rings is 1. The van der Waals surface area contributed by atoms with Crippen molar-refractivity contribution in [2.75, 3.05) is 0 Å². The number of aryl methyl sites for hydroxylation is 1. The molecule has 0 atom stereocenters. The topological polar surface area (TPSA) is 39.4 Å². The molecule has 2 rings (SSSR count). The molecule has 0 spiro atoms. The van der Waals surface area contributed by atoms with Gasteiger partial charge in [-0.15, -0.1) is 4.84 Å². The van der Waals surface area contributed by atoms with Crippen molar-refractivity contribution < 1.29 is 31.5 Å². The standard InChI is InChI=1S/C14H14NO3.ClH/c1-12-7-5-6-10-15(12)18-14(16)17-11-13-8-3-2-4-9-13;/h2-10H,11H2,1H3;1H/q+1;/p-1. The predicted molar refractivity (Wildman–Crippen MR) is 64.6 cm³/mol. The maximum absolute atomic E-state index is 11.5. The smallest absolute Gasteiger partial charge is 0.572 e. The zero-order valence-electron chi connectivity index (χ0n) is 10.5. The van der Waals surface area contributed by atoms with Gasteiger partial charge in [-0.25, -0.2) is 0 Å². The second-order valence-corrected chi connectivity index (χ2v) is 3.78. The molecule has 0 aliphatic carbocycles. The Balaban J connectivity index is 0.00000180. The second kappa shape index (κ2) is 7.38. The third-order valence-corrected chi connectivity index (χ3v) is 2.39. The van der Waals surface area contributed by atoms with Crippen LogP contribution in [0.3, 0.4) is 0 Å². The van der Waals surface area contributed by atoms with E-state index in [0.717, 1.165) is 11.3 Å². The SMILES string of the molecule is Cc1cccc[n+]1OC(=O)OCc1ccccc1.[Cl-]. The van der Waals surface area contributed by atoms with Crippen LogP contribution < -0.4 is 22.0 Å². The molecule has 0 unspecified atom stereocenters. The number of hydrogen-bond acceptors (Lipinski definition) is 3. The molecule has 0 bridgehead atoms. The minimum atomic E-state index is -0.724. The predicted octanol–water partition coefficient (Wildman–Crippen LogP) is -0.948. The first-order valence-electron chi connectivity index (χ1n) is 5.62. The van der Waals surface area contributed by atoms with E-state index in [-0.39, 0.29) is 19.0 Å². The number of carbonyl (C=O) groups is 1. The second-order valence-electron chi connectivity index (χ2n) is 3.78. The van der Waals surface area contributed by atoms with E-state index in [1.165, 1.54) is 4.73 Å². The van der Waals surface area contributed by atoms with Crippen molar-refractivity contribution in [2.45, 2.75) is 13.5 Å². The lowest BCUT2D eigenvalue weighted by Gasteiger charge is -2.02. The molecule has 5 heteroatoms. The van der Waals surface area contributed by atoms with Crippen LogP contribution >= 0.6 is 0 Å². The highest BCUT2D eigenvalue weighted by atomic mass is 35.5. The lowest BCUT2D eigenvalue weighted by molar-refractivity contribution is -0.874. The molecule has 100 valence electrons. The van der Waals surface area contributed by atoms with Crippen LogP contribution in [-0.4, -0.2) is 6.16 Å². The molecule has 0 saturated carbocycles. The Hall–Kier alpha value is -2.07. The maximum atomic E-state index is 11.5. The van der Waals surface area contributed by atoms with Crippen molar-refractivity contribution >= 4 is 6.16 Å². The van der Waals surface area contributed by atoms with E-state index in [2.05, 4.69) is 0 Å². The zero-order valence-corrected chi connectivity index (χ0v) is 11.2. The average molecular weight is 280 g/mol. The molecular weight excluding hydrogens is 266 g/mol. The quantitative estimate of drug-likeness (QED) is 0.537. The van der Waals surface area contributed by atoms with Gasteiger partial charge in [0.15, 0.2) is 0 Å². The van der Waals surface area contributed by atoms with E-state index in [1.807, 2.05) is 49.4 Å². The Labute approximate surface area is 118 Å². The molecule has 4 nitrogen and oxygen atoms in total. The summed E-state index contributed by atoms with van der Waals surface area (Å²) in [6.45, 7) is 2.04. The normalized spacial score (nSPS) is 9.32. The minimum absolute atomic E-state index is 0. The van der Waals surface area contributed by atoms with Crippen LogP contribution in [0.15, 0.2) is 54.7 Å². The molecule has 1 heterocycles. The lowest BCUT2D eigenvalue weighted by atomic mass is 10.2. The average Bonchev–Trinajstić information content (AvgIpc) is 2.40. The molecule has 0 aliphatic rings. The van der Waals surface area contributed by atoms with Crippen molar-refractivity contribution in [3.8, 4) is 0 Å². The largest absolute Gasteiger partial charge is 1.00 e. The molecule has 0 N–H and O–H groups in total. The van der Waals surface area contributed by atoms with Crippen LogP contribution in [0, 0.1) is 6.92 Å². The summed E-state index contributed by atoms with van der Waals surface area (Å²) in [6, 6.07) is 14.9. The van der Waals surface area contributed by atoms with Gasteiger partial charge < -0.3 is 17.1 Å². The van der Waals surface area contributed by atoms with E-state index in [9.17, 15) is 4.79 Å². The highest BCUT2D eigenvalue weighted by molar-refractivity contribution is 5.59. The highest BCUT2D eigenvalue weighted by Gasteiger charge is 2.14. The summed E-state index contributed by atoms with van der Waals surface area (Å²) in [4.78, 5) is 16.5. The Bertz CT molecular complexity index is 531. The summed E-state index contributed by atoms with van der Waals surface area (Å²) in [7, 11) is 0. The maximum Gasteiger partial charge on any atom is 0.572 e. The highest BCUT2D eigenvalue weighted by Crippen LogP contribution is 2.00. The van der Waals surface area contributed by atoms with Gasteiger partial charge in [0.2, 0.25) is 11.9 Å². The Morgan fingerprint density at radius 2 is 1.79 bits per heavy atom. The van der Waals surface area contributed by atoms with Gasteiger partial charge in [0.05, 0.1) is 0 Å². The van der Waals surface area contributed by atoms with E-state index < -0.39 is 6.16 Å². The van der Waals surface area contributed by atoms with Gasteiger partial charge in [0.25, 0.3) is 0 Å². The number of hydrogen-bond donors (Lipinski definition) is 0. The van der Waals surface area contributed by atoms with E-state index >= 15 is 0 Å². The fourth-order valence-electron chi connectivity index (χ4n) is 1.44. The molecule has 19 heavy (non-hydrogen) atoms. The van der Waals surface area contributed by atoms with Gasteiger partial charge in [0.1, 0.15) is 6.61 Å². The Kier molecular flexibility index (Phi) is 5.82. The molecule has 0 fully saturated rings. The van der Waals surface area contributed by atoms with E-state index in [4.69, 9.17) is 9.57 Å². The fourth-order valence-corrected chi connectivity index (χ4v) is 1.44. The van der Waals surface area contributed by atoms with E-state index in [0.29, 0.717) is 0 Å². The van der Waals surface area contributed by atoms with Gasteiger partial charge in [-0.05, 0) is 11.6 Å². The van der Waals surface area contributed by atoms with E-state index in [1.54, 1.807) is 12.3 Å². The van der Waals surface area contributed by atoms with Crippen LogP contribution in [-0.2, 0) is 11.3 Å². The van der Waals surface area contributed by atoms with Crippen LogP contribution in [0.1, 0.15) is 11.3 Å². The number of ether oxygens (including phenoxy) is 1. The van der Waals surface area contributed by atoms with Crippen LogP contribution in [0.25, 0.3) is 0 Å². The number of halogens is 1. The van der Waals surface area contributed by atoms with Gasteiger partial charge in [-0.2, -0.15) is 4.79 Å². The van der Waals surface area contributed by atoms with Crippen molar-refractivity contribution in [3.63, 3.8) is 0 Å². The summed E-state index contributed by atoms with van der Waals surface area (Å²) in [5, 5.41) is 0. The summed E-state index contributed by atoms with van der Waals surface area (Å²) < 4.78 is 6.37. The van der Waals surface area contributed by atoms with Gasteiger partial charge >= 0.3 is 6.16 Å². The van der Waals surface area contributed by atoms with Crippen LogP contribution in [0.2, 0.25) is 0 Å². The van der Waals surface area contributed by atoms with Gasteiger partial charge in [-0.1, -0.05) is 30.3 Å². The molecular formula is C14H14ClNO3.